The average molecular weight is 211 g/mol. The van der Waals surface area contributed by atoms with Gasteiger partial charge in [0.1, 0.15) is 0 Å². The topological polar surface area (TPSA) is 58.4 Å². The molecule has 4 nitrogen and oxygen atoms in total. The number of piperidine rings is 1. The highest BCUT2D eigenvalue weighted by Crippen LogP contribution is 2.32. The van der Waals surface area contributed by atoms with Crippen molar-refractivity contribution in [3.8, 4) is 0 Å². The number of carbonyl (C=O) groups excluding carboxylic acids is 1. The maximum Gasteiger partial charge on any atom is 0.240 e. The van der Waals surface area contributed by atoms with Crippen LogP contribution in [-0.4, -0.2) is 42.0 Å². The van der Waals surface area contributed by atoms with Crippen LogP contribution < -0.4 is 11.1 Å². The van der Waals surface area contributed by atoms with Gasteiger partial charge in [0, 0.05) is 12.6 Å². The van der Waals surface area contributed by atoms with Gasteiger partial charge in [0.25, 0.3) is 0 Å². The third-order valence-corrected chi connectivity index (χ3v) is 3.53. The third kappa shape index (κ3) is 2.49. The Bertz CT molecular complexity index is 250. The lowest BCUT2D eigenvalue weighted by molar-refractivity contribution is -0.124. The number of likely N-dealkylation sites (N-methyl/N-ethyl adjacent to an activating group) is 1. The Morgan fingerprint density at radius 1 is 1.60 bits per heavy atom. The molecule has 1 unspecified atom stereocenters. The van der Waals surface area contributed by atoms with Crippen LogP contribution in [0.3, 0.4) is 0 Å². The molecule has 2 aliphatic rings. The predicted molar refractivity (Wildman–Crippen MR) is 59.4 cm³/mol. The van der Waals surface area contributed by atoms with E-state index >= 15 is 0 Å². The van der Waals surface area contributed by atoms with Gasteiger partial charge >= 0.3 is 0 Å². The van der Waals surface area contributed by atoms with Gasteiger partial charge in [0.15, 0.2) is 0 Å². The predicted octanol–water partition coefficient (Wildman–Crippen LogP) is 0.0782. The molecule has 3 N–H and O–H groups in total. The van der Waals surface area contributed by atoms with Crippen LogP contribution in [0.5, 0.6) is 0 Å². The molecule has 1 heterocycles. The van der Waals surface area contributed by atoms with Crippen molar-refractivity contribution >= 4 is 5.91 Å². The molecule has 0 bridgehead atoms. The summed E-state index contributed by atoms with van der Waals surface area (Å²) in [6.07, 6.45) is 3.97. The van der Waals surface area contributed by atoms with E-state index in [1.54, 1.807) is 0 Å². The number of nitrogens with one attached hydrogen (secondary N) is 1. The molecule has 1 saturated carbocycles. The maximum atomic E-state index is 11.7. The van der Waals surface area contributed by atoms with Crippen molar-refractivity contribution < 1.29 is 4.79 Å². The van der Waals surface area contributed by atoms with E-state index in [0.717, 1.165) is 38.9 Å². The molecule has 1 aliphatic carbocycles. The van der Waals surface area contributed by atoms with Crippen molar-refractivity contribution in [3.05, 3.63) is 0 Å². The summed E-state index contributed by atoms with van der Waals surface area (Å²) in [7, 11) is 0. The lowest BCUT2D eigenvalue weighted by atomic mass is 10.1. The SMILES string of the molecule is CCN1CCCC(NC(=O)C2(N)CC2)C1. The number of hydrogen-bond acceptors (Lipinski definition) is 3. The molecule has 1 atom stereocenters. The van der Waals surface area contributed by atoms with Gasteiger partial charge in [0.2, 0.25) is 5.91 Å². The third-order valence-electron chi connectivity index (χ3n) is 3.53. The summed E-state index contributed by atoms with van der Waals surface area (Å²) < 4.78 is 0. The summed E-state index contributed by atoms with van der Waals surface area (Å²) in [5.41, 5.74) is 5.33. The zero-order valence-electron chi connectivity index (χ0n) is 9.46. The molecule has 86 valence electrons. The van der Waals surface area contributed by atoms with Crippen molar-refractivity contribution in [2.45, 2.75) is 44.2 Å². The number of likely N-dealkylation sites (tertiary alicyclic amines) is 1. The lowest BCUT2D eigenvalue weighted by Gasteiger charge is -2.32. The van der Waals surface area contributed by atoms with Crippen LogP contribution in [0.15, 0.2) is 0 Å². The van der Waals surface area contributed by atoms with Crippen molar-refractivity contribution in [1.82, 2.24) is 10.2 Å². The second kappa shape index (κ2) is 4.10. The summed E-state index contributed by atoms with van der Waals surface area (Å²) in [6, 6.07) is 0.312. The molecule has 1 aliphatic heterocycles. The first kappa shape index (κ1) is 10.9. The van der Waals surface area contributed by atoms with E-state index in [0.29, 0.717) is 6.04 Å². The van der Waals surface area contributed by atoms with Crippen molar-refractivity contribution in [2.75, 3.05) is 19.6 Å². The summed E-state index contributed by atoms with van der Waals surface area (Å²) in [5.74, 6) is 0.0606. The molecule has 2 rings (SSSR count). The number of nitrogens with zero attached hydrogens (tertiary/aromatic N) is 1. The van der Waals surface area contributed by atoms with Crippen molar-refractivity contribution in [3.63, 3.8) is 0 Å². The fourth-order valence-corrected chi connectivity index (χ4v) is 2.15. The average Bonchev–Trinajstić information content (AvgIpc) is 2.98. The molecule has 2 fully saturated rings. The Labute approximate surface area is 91.2 Å². The Morgan fingerprint density at radius 2 is 2.33 bits per heavy atom. The van der Waals surface area contributed by atoms with Gasteiger partial charge < -0.3 is 16.0 Å². The minimum absolute atomic E-state index is 0.0606. The lowest BCUT2D eigenvalue weighted by Crippen LogP contribution is -2.52. The molecule has 1 amide bonds. The molecule has 0 aromatic carbocycles. The van der Waals surface area contributed by atoms with Crippen LogP contribution in [-0.2, 0) is 4.79 Å². The highest BCUT2D eigenvalue weighted by Gasteiger charge is 2.46. The van der Waals surface area contributed by atoms with E-state index < -0.39 is 5.54 Å². The van der Waals surface area contributed by atoms with Crippen LogP contribution in [0.4, 0.5) is 0 Å². The van der Waals surface area contributed by atoms with Gasteiger partial charge in [-0.2, -0.15) is 0 Å². The van der Waals surface area contributed by atoms with Crippen LogP contribution >= 0.6 is 0 Å². The quantitative estimate of drug-likeness (QED) is 0.695. The largest absolute Gasteiger partial charge is 0.350 e. The second-order valence-electron chi connectivity index (χ2n) is 4.86. The normalized spacial score (nSPS) is 29.9. The van der Waals surface area contributed by atoms with Gasteiger partial charge in [-0.1, -0.05) is 6.92 Å². The van der Waals surface area contributed by atoms with E-state index in [1.807, 2.05) is 0 Å². The van der Waals surface area contributed by atoms with Crippen LogP contribution in [0.2, 0.25) is 0 Å². The Balaban J connectivity index is 1.81. The molecule has 0 aromatic rings. The van der Waals surface area contributed by atoms with Gasteiger partial charge in [0.05, 0.1) is 5.54 Å². The van der Waals surface area contributed by atoms with Gasteiger partial charge in [-0.15, -0.1) is 0 Å². The van der Waals surface area contributed by atoms with Gasteiger partial charge in [-0.05, 0) is 38.8 Å². The zero-order chi connectivity index (χ0) is 10.9. The molecular weight excluding hydrogens is 190 g/mol. The number of nitrogens with two attached hydrogens (primary N) is 1. The van der Waals surface area contributed by atoms with Gasteiger partial charge in [-0.3, -0.25) is 4.79 Å². The van der Waals surface area contributed by atoms with E-state index in [-0.39, 0.29) is 5.91 Å². The van der Waals surface area contributed by atoms with Crippen LogP contribution in [0.25, 0.3) is 0 Å². The van der Waals surface area contributed by atoms with E-state index in [1.165, 1.54) is 6.42 Å². The smallest absolute Gasteiger partial charge is 0.240 e. The van der Waals surface area contributed by atoms with Crippen molar-refractivity contribution in [1.29, 1.82) is 0 Å². The Morgan fingerprint density at radius 3 is 2.93 bits per heavy atom. The van der Waals surface area contributed by atoms with E-state index in [4.69, 9.17) is 5.73 Å². The summed E-state index contributed by atoms with van der Waals surface area (Å²) in [6.45, 7) is 5.38. The zero-order valence-corrected chi connectivity index (χ0v) is 9.46. The number of carbonyl (C=O) groups is 1. The highest BCUT2D eigenvalue weighted by molar-refractivity contribution is 5.89. The number of hydrogen-bond donors (Lipinski definition) is 2. The van der Waals surface area contributed by atoms with Crippen LogP contribution in [0, 0.1) is 0 Å². The minimum atomic E-state index is -0.519. The standard InChI is InChI=1S/C11H21N3O/c1-2-14-7-3-4-9(8-14)13-10(15)11(12)5-6-11/h9H,2-8,12H2,1H3,(H,13,15). The Hall–Kier alpha value is -0.610. The van der Waals surface area contributed by atoms with Gasteiger partial charge in [-0.25, -0.2) is 0 Å². The first-order chi connectivity index (χ1) is 7.14. The fraction of sp³-hybridized carbons (Fsp3) is 0.909. The number of amides is 1. The van der Waals surface area contributed by atoms with Crippen LogP contribution in [0.1, 0.15) is 32.6 Å². The number of rotatable bonds is 3. The van der Waals surface area contributed by atoms with Crippen molar-refractivity contribution in [2.24, 2.45) is 5.73 Å². The molecule has 0 aromatic heterocycles. The summed E-state index contributed by atoms with van der Waals surface area (Å²) in [5, 5.41) is 3.08. The molecule has 0 spiro atoms. The highest BCUT2D eigenvalue weighted by atomic mass is 16.2. The first-order valence-electron chi connectivity index (χ1n) is 5.96. The summed E-state index contributed by atoms with van der Waals surface area (Å²) >= 11 is 0. The molecule has 1 saturated heterocycles. The maximum absolute atomic E-state index is 11.7. The fourth-order valence-electron chi connectivity index (χ4n) is 2.15. The molecule has 15 heavy (non-hydrogen) atoms. The molecule has 4 heteroatoms. The monoisotopic (exact) mass is 211 g/mol. The molecular formula is C11H21N3O. The first-order valence-corrected chi connectivity index (χ1v) is 5.96. The van der Waals surface area contributed by atoms with E-state index in [2.05, 4.69) is 17.1 Å². The Kier molecular flexibility index (Phi) is 2.98. The minimum Gasteiger partial charge on any atom is -0.350 e. The molecule has 0 radical (unpaired) electrons. The second-order valence-corrected chi connectivity index (χ2v) is 4.86. The summed E-state index contributed by atoms with van der Waals surface area (Å²) in [4.78, 5) is 14.1. The van der Waals surface area contributed by atoms with E-state index in [9.17, 15) is 4.79 Å².